The zero-order chi connectivity index (χ0) is 15.8. The van der Waals surface area contributed by atoms with Crippen molar-refractivity contribution in [2.24, 2.45) is 0 Å². The molecule has 0 amide bonds. The molecule has 0 saturated carbocycles. The average molecular weight is 289 g/mol. The number of anilines is 1. The third-order valence-corrected chi connectivity index (χ3v) is 3.15. The summed E-state index contributed by atoms with van der Waals surface area (Å²) >= 11 is 0. The lowest BCUT2D eigenvalue weighted by Crippen LogP contribution is -2.42. The standard InChI is InChI=1S/C16H19NO4/c1-9-6-10(2)13(11(3)7-9)17-8-12-14(18)20-16(4,5)21-15(12)19/h6-8,17H,1-5H3. The van der Waals surface area contributed by atoms with E-state index in [1.807, 2.05) is 32.9 Å². The van der Waals surface area contributed by atoms with Gasteiger partial charge in [-0.15, -0.1) is 0 Å². The number of esters is 2. The summed E-state index contributed by atoms with van der Waals surface area (Å²) in [6.07, 6.45) is 1.34. The van der Waals surface area contributed by atoms with Crippen LogP contribution in [0.4, 0.5) is 5.69 Å². The Morgan fingerprint density at radius 2 is 1.48 bits per heavy atom. The van der Waals surface area contributed by atoms with Crippen molar-refractivity contribution >= 4 is 17.6 Å². The third-order valence-electron chi connectivity index (χ3n) is 3.15. The van der Waals surface area contributed by atoms with E-state index < -0.39 is 17.7 Å². The molecule has 21 heavy (non-hydrogen) atoms. The fourth-order valence-electron chi connectivity index (χ4n) is 2.33. The first-order valence-electron chi connectivity index (χ1n) is 6.71. The molecule has 1 aromatic carbocycles. The minimum atomic E-state index is -1.22. The minimum Gasteiger partial charge on any atom is -0.419 e. The lowest BCUT2D eigenvalue weighted by atomic mass is 10.1. The summed E-state index contributed by atoms with van der Waals surface area (Å²) in [7, 11) is 0. The molecule has 1 saturated heterocycles. The molecule has 5 nitrogen and oxygen atoms in total. The van der Waals surface area contributed by atoms with E-state index in [9.17, 15) is 9.59 Å². The number of benzene rings is 1. The monoisotopic (exact) mass is 289 g/mol. The van der Waals surface area contributed by atoms with Gasteiger partial charge in [-0.3, -0.25) is 0 Å². The molecule has 1 heterocycles. The molecule has 2 rings (SSSR count). The van der Waals surface area contributed by atoms with Crippen LogP contribution in [0.5, 0.6) is 0 Å². The van der Waals surface area contributed by atoms with Crippen molar-refractivity contribution in [3.05, 3.63) is 40.6 Å². The highest BCUT2D eigenvalue weighted by atomic mass is 16.7. The number of carbonyl (C=O) groups excluding carboxylic acids is 2. The quantitative estimate of drug-likeness (QED) is 0.515. The van der Waals surface area contributed by atoms with Gasteiger partial charge in [0.15, 0.2) is 5.57 Å². The van der Waals surface area contributed by atoms with Crippen LogP contribution in [0.1, 0.15) is 30.5 Å². The molecule has 0 atom stereocenters. The largest absolute Gasteiger partial charge is 0.419 e. The molecule has 0 bridgehead atoms. The highest BCUT2D eigenvalue weighted by Crippen LogP contribution is 2.25. The molecule has 112 valence electrons. The molecule has 1 aromatic rings. The smallest absolute Gasteiger partial charge is 0.350 e. The molecule has 0 radical (unpaired) electrons. The number of nitrogens with one attached hydrogen (secondary N) is 1. The van der Waals surface area contributed by atoms with Crippen LogP contribution < -0.4 is 5.32 Å². The molecular formula is C16H19NO4. The predicted octanol–water partition coefficient (Wildman–Crippen LogP) is 2.74. The Bertz CT molecular complexity index is 599. The van der Waals surface area contributed by atoms with Crippen LogP contribution in [0.3, 0.4) is 0 Å². The maximum Gasteiger partial charge on any atom is 0.350 e. The topological polar surface area (TPSA) is 64.6 Å². The van der Waals surface area contributed by atoms with Crippen molar-refractivity contribution in [1.29, 1.82) is 0 Å². The predicted molar refractivity (Wildman–Crippen MR) is 78.6 cm³/mol. The van der Waals surface area contributed by atoms with E-state index in [0.29, 0.717) is 0 Å². The van der Waals surface area contributed by atoms with Gasteiger partial charge in [0, 0.05) is 25.7 Å². The van der Waals surface area contributed by atoms with E-state index in [1.165, 1.54) is 20.0 Å². The van der Waals surface area contributed by atoms with Gasteiger partial charge in [-0.1, -0.05) is 17.7 Å². The van der Waals surface area contributed by atoms with E-state index in [0.717, 1.165) is 22.4 Å². The van der Waals surface area contributed by atoms with Crippen molar-refractivity contribution in [3.8, 4) is 0 Å². The molecule has 5 heteroatoms. The highest BCUT2D eigenvalue weighted by Gasteiger charge is 2.38. The van der Waals surface area contributed by atoms with E-state index in [1.54, 1.807) is 0 Å². The summed E-state index contributed by atoms with van der Waals surface area (Å²) in [5.74, 6) is -2.60. The first-order valence-corrected chi connectivity index (χ1v) is 6.71. The van der Waals surface area contributed by atoms with Crippen LogP contribution in [0, 0.1) is 20.8 Å². The second kappa shape index (κ2) is 5.24. The first-order chi connectivity index (χ1) is 9.69. The highest BCUT2D eigenvalue weighted by molar-refractivity contribution is 6.15. The number of carbonyl (C=O) groups is 2. The number of cyclic esters (lactones) is 2. The zero-order valence-electron chi connectivity index (χ0n) is 12.9. The lowest BCUT2D eigenvalue weighted by Gasteiger charge is -2.29. The average Bonchev–Trinajstić information content (AvgIpc) is 2.29. The molecule has 1 fully saturated rings. The molecule has 0 aliphatic carbocycles. The van der Waals surface area contributed by atoms with Crippen molar-refractivity contribution in [2.75, 3.05) is 5.32 Å². The summed E-state index contributed by atoms with van der Waals surface area (Å²) in [5, 5.41) is 3.00. The second-order valence-electron chi connectivity index (χ2n) is 5.65. The van der Waals surface area contributed by atoms with Gasteiger partial charge >= 0.3 is 11.9 Å². The SMILES string of the molecule is Cc1cc(C)c(NC=C2C(=O)OC(C)(C)OC2=O)c(C)c1. The van der Waals surface area contributed by atoms with Gasteiger partial charge in [0.1, 0.15) is 0 Å². The number of hydrogen-bond acceptors (Lipinski definition) is 5. The number of hydrogen-bond donors (Lipinski definition) is 1. The maximum absolute atomic E-state index is 11.8. The molecule has 0 spiro atoms. The van der Waals surface area contributed by atoms with Gasteiger partial charge in [0.05, 0.1) is 0 Å². The van der Waals surface area contributed by atoms with Crippen molar-refractivity contribution in [1.82, 2.24) is 0 Å². The minimum absolute atomic E-state index is 0.145. The van der Waals surface area contributed by atoms with Crippen LogP contribution in [0.2, 0.25) is 0 Å². The number of rotatable bonds is 2. The van der Waals surface area contributed by atoms with Gasteiger partial charge < -0.3 is 14.8 Å². The normalized spacial score (nSPS) is 17.1. The summed E-state index contributed by atoms with van der Waals surface area (Å²) in [5.41, 5.74) is 3.93. The second-order valence-corrected chi connectivity index (χ2v) is 5.65. The summed E-state index contributed by atoms with van der Waals surface area (Å²) in [6.45, 7) is 8.96. The van der Waals surface area contributed by atoms with E-state index in [4.69, 9.17) is 9.47 Å². The fourth-order valence-corrected chi connectivity index (χ4v) is 2.33. The Morgan fingerprint density at radius 3 is 1.95 bits per heavy atom. The van der Waals surface area contributed by atoms with Crippen LogP contribution >= 0.6 is 0 Å². The summed E-state index contributed by atoms with van der Waals surface area (Å²) < 4.78 is 10.1. The molecule has 1 aliphatic heterocycles. The molecule has 0 aromatic heterocycles. The molecular weight excluding hydrogens is 270 g/mol. The van der Waals surface area contributed by atoms with Crippen molar-refractivity contribution in [2.45, 2.75) is 40.4 Å². The third kappa shape index (κ3) is 3.24. The lowest BCUT2D eigenvalue weighted by molar-refractivity contribution is -0.222. The van der Waals surface area contributed by atoms with Gasteiger partial charge in [-0.2, -0.15) is 0 Å². The van der Waals surface area contributed by atoms with Gasteiger partial charge in [0.25, 0.3) is 5.79 Å². The number of ether oxygens (including phenoxy) is 2. The summed E-state index contributed by atoms with van der Waals surface area (Å²) in [6, 6.07) is 4.04. The van der Waals surface area contributed by atoms with Crippen LogP contribution in [-0.2, 0) is 19.1 Å². The Balaban J connectivity index is 2.26. The zero-order valence-corrected chi connectivity index (χ0v) is 12.9. The van der Waals surface area contributed by atoms with Crippen LogP contribution in [-0.4, -0.2) is 17.7 Å². The Morgan fingerprint density at radius 1 is 1.00 bits per heavy atom. The molecule has 1 N–H and O–H groups in total. The van der Waals surface area contributed by atoms with E-state index >= 15 is 0 Å². The van der Waals surface area contributed by atoms with Crippen LogP contribution in [0.15, 0.2) is 23.9 Å². The van der Waals surface area contributed by atoms with Gasteiger partial charge in [-0.25, -0.2) is 9.59 Å². The Labute approximate surface area is 123 Å². The van der Waals surface area contributed by atoms with Crippen molar-refractivity contribution in [3.63, 3.8) is 0 Å². The van der Waals surface area contributed by atoms with Gasteiger partial charge in [0.2, 0.25) is 0 Å². The molecule has 1 aliphatic rings. The van der Waals surface area contributed by atoms with E-state index in [-0.39, 0.29) is 5.57 Å². The first kappa shape index (κ1) is 15.1. The van der Waals surface area contributed by atoms with E-state index in [2.05, 4.69) is 5.32 Å². The van der Waals surface area contributed by atoms with Crippen LogP contribution in [0.25, 0.3) is 0 Å². The van der Waals surface area contributed by atoms with Gasteiger partial charge in [-0.05, 0) is 31.9 Å². The fraction of sp³-hybridized carbons (Fsp3) is 0.375. The Kier molecular flexibility index (Phi) is 3.77. The Hall–Kier alpha value is -2.30. The maximum atomic E-state index is 11.8. The number of aryl methyl sites for hydroxylation is 3. The molecule has 0 unspecified atom stereocenters. The van der Waals surface area contributed by atoms with Crippen molar-refractivity contribution < 1.29 is 19.1 Å². The summed E-state index contributed by atoms with van der Waals surface area (Å²) in [4.78, 5) is 23.7.